The molecule has 13 heteroatoms. The van der Waals surface area contributed by atoms with Crippen molar-refractivity contribution in [2.24, 2.45) is 11.7 Å². The van der Waals surface area contributed by atoms with Gasteiger partial charge in [0.15, 0.2) is 9.84 Å². The first-order valence-corrected chi connectivity index (χ1v) is 16.4. The lowest BCUT2D eigenvalue weighted by atomic mass is 10.0. The van der Waals surface area contributed by atoms with Crippen molar-refractivity contribution >= 4 is 43.2 Å². The summed E-state index contributed by atoms with van der Waals surface area (Å²) in [5.74, 6) is -0.548. The van der Waals surface area contributed by atoms with E-state index in [-0.39, 0.29) is 17.4 Å². The number of pyridine rings is 3. The van der Waals surface area contributed by atoms with Gasteiger partial charge in [0.05, 0.1) is 46.7 Å². The van der Waals surface area contributed by atoms with E-state index in [1.807, 2.05) is 18.2 Å². The first-order chi connectivity index (χ1) is 21.6. The fraction of sp³-hybridized carbons (Fsp3) is 0.219. The molecule has 1 aromatic carbocycles. The number of nitrogens with zero attached hydrogens (tertiary/aromatic N) is 4. The molecular formula is C32H29FN8O3S. The van der Waals surface area contributed by atoms with E-state index in [2.05, 4.69) is 35.5 Å². The number of aromatic amines is 2. The molecule has 5 aromatic heterocycles. The zero-order valence-electron chi connectivity index (χ0n) is 24.2. The molecule has 0 radical (unpaired) electrons. The third kappa shape index (κ3) is 5.56. The number of H-pyrrole nitrogens is 2. The Morgan fingerprint density at radius 3 is 2.56 bits per heavy atom. The molecule has 7 rings (SSSR count). The van der Waals surface area contributed by atoms with E-state index in [0.29, 0.717) is 44.9 Å². The van der Waals surface area contributed by atoms with Gasteiger partial charge >= 0.3 is 0 Å². The Bertz CT molecular complexity index is 2210. The number of aromatic nitrogens is 6. The van der Waals surface area contributed by atoms with Crippen LogP contribution in [0.3, 0.4) is 0 Å². The number of halogens is 1. The quantitative estimate of drug-likeness (QED) is 0.180. The number of hydrogen-bond acceptors (Lipinski definition) is 8. The second kappa shape index (κ2) is 11.2. The van der Waals surface area contributed by atoms with E-state index in [1.165, 1.54) is 6.07 Å². The maximum Gasteiger partial charge on any atom is 0.227 e. The number of benzene rings is 1. The second-order valence-corrected chi connectivity index (χ2v) is 13.6. The molecule has 5 N–H and O–H groups in total. The van der Waals surface area contributed by atoms with Crippen LogP contribution >= 0.6 is 0 Å². The van der Waals surface area contributed by atoms with Gasteiger partial charge in [-0.3, -0.25) is 24.8 Å². The molecule has 228 valence electrons. The molecule has 0 bridgehead atoms. The normalized spacial score (nSPS) is 14.7. The molecule has 5 heterocycles. The molecule has 1 fully saturated rings. The summed E-state index contributed by atoms with van der Waals surface area (Å²) in [5.41, 5.74) is 11.8. The van der Waals surface area contributed by atoms with Gasteiger partial charge in [0, 0.05) is 46.5 Å². The molecule has 0 saturated heterocycles. The Labute approximate surface area is 257 Å². The fourth-order valence-corrected chi connectivity index (χ4v) is 6.58. The van der Waals surface area contributed by atoms with Gasteiger partial charge in [0.2, 0.25) is 5.91 Å². The van der Waals surface area contributed by atoms with Crippen LogP contribution in [0.5, 0.6) is 0 Å². The molecule has 11 nitrogen and oxygen atoms in total. The van der Waals surface area contributed by atoms with Gasteiger partial charge in [-0.2, -0.15) is 5.10 Å². The molecule has 1 saturated carbocycles. The van der Waals surface area contributed by atoms with E-state index < -0.39 is 21.0 Å². The lowest BCUT2D eigenvalue weighted by molar-refractivity contribution is -0.119. The van der Waals surface area contributed by atoms with Gasteiger partial charge in [-0.05, 0) is 60.4 Å². The summed E-state index contributed by atoms with van der Waals surface area (Å²) < 4.78 is 38.8. The van der Waals surface area contributed by atoms with Crippen molar-refractivity contribution in [2.75, 3.05) is 11.6 Å². The lowest BCUT2D eigenvalue weighted by Gasteiger charge is -2.12. The number of carbonyl (C=O) groups excluding carboxylic acids is 1. The first kappa shape index (κ1) is 28.7. The van der Waals surface area contributed by atoms with Crippen LogP contribution in [0.4, 0.5) is 10.1 Å². The number of hydrogen-bond donors (Lipinski definition) is 4. The zero-order chi connectivity index (χ0) is 31.3. The average molecular weight is 625 g/mol. The third-order valence-corrected chi connectivity index (χ3v) is 9.49. The molecule has 1 amide bonds. The van der Waals surface area contributed by atoms with Crippen LogP contribution in [0.2, 0.25) is 0 Å². The summed E-state index contributed by atoms with van der Waals surface area (Å²) in [6, 6.07) is 9.67. The largest absolute Gasteiger partial charge is 0.352 e. The number of amides is 1. The number of nitrogens with one attached hydrogen (secondary N) is 3. The Morgan fingerprint density at radius 1 is 0.956 bits per heavy atom. The Hall–Kier alpha value is -5.01. The van der Waals surface area contributed by atoms with Gasteiger partial charge in [0.1, 0.15) is 16.9 Å². The van der Waals surface area contributed by atoms with Gasteiger partial charge < -0.3 is 16.0 Å². The smallest absolute Gasteiger partial charge is 0.227 e. The van der Waals surface area contributed by atoms with E-state index in [0.717, 1.165) is 54.3 Å². The van der Waals surface area contributed by atoms with Crippen molar-refractivity contribution in [3.05, 3.63) is 78.8 Å². The average Bonchev–Trinajstić information content (AvgIpc) is 3.79. The van der Waals surface area contributed by atoms with E-state index >= 15 is 0 Å². The molecule has 1 unspecified atom stereocenters. The number of nitrogens with two attached hydrogens (primary N) is 1. The van der Waals surface area contributed by atoms with Gasteiger partial charge in [0.25, 0.3) is 0 Å². The van der Waals surface area contributed by atoms with Crippen molar-refractivity contribution in [2.45, 2.75) is 31.1 Å². The number of fused-ring (bicyclic) bond motifs is 2. The van der Waals surface area contributed by atoms with Crippen molar-refractivity contribution in [3.8, 4) is 33.8 Å². The molecule has 1 aliphatic rings. The molecular weight excluding hydrogens is 595 g/mol. The topological polar surface area (TPSA) is 172 Å². The summed E-state index contributed by atoms with van der Waals surface area (Å²) in [6.45, 7) is 0. The molecule has 45 heavy (non-hydrogen) atoms. The van der Waals surface area contributed by atoms with Crippen LogP contribution in [0.1, 0.15) is 36.6 Å². The SMILES string of the molecule is CS(=O)(=O)C(N)c1cc(F)cc(-c2cncc3[nH]c(-c4n[nH]c5cnc(-c6cncc(NC(=O)C7CCCC7)c6)cc45)cc23)c1. The van der Waals surface area contributed by atoms with Gasteiger partial charge in [-0.15, -0.1) is 0 Å². The van der Waals surface area contributed by atoms with Gasteiger partial charge in [-0.25, -0.2) is 12.8 Å². The predicted octanol–water partition coefficient (Wildman–Crippen LogP) is 5.50. The minimum absolute atomic E-state index is 0.0207. The molecule has 1 atom stereocenters. The van der Waals surface area contributed by atoms with E-state index in [1.54, 1.807) is 37.1 Å². The predicted molar refractivity (Wildman–Crippen MR) is 170 cm³/mol. The first-order valence-electron chi connectivity index (χ1n) is 14.5. The molecule has 0 aliphatic heterocycles. The monoisotopic (exact) mass is 624 g/mol. The van der Waals surface area contributed by atoms with Crippen molar-refractivity contribution in [1.82, 2.24) is 30.1 Å². The standard InChI is InChI=1S/C32H29FN8O3S/c1-45(43,44)31(34)19-6-18(7-21(33)8-19)25-14-36-15-28-23(25)10-27(39-28)30-24-11-26(37-16-29(24)40-41-30)20-9-22(13-35-12-20)38-32(42)17-4-2-3-5-17/h6-17,31,39H,2-5,34H2,1H3,(H,38,42)(H,40,41). The summed E-state index contributed by atoms with van der Waals surface area (Å²) in [5, 5.41) is 10.7. The number of sulfone groups is 1. The minimum atomic E-state index is -3.65. The summed E-state index contributed by atoms with van der Waals surface area (Å²) in [4.78, 5) is 29.3. The van der Waals surface area contributed by atoms with Gasteiger partial charge in [-0.1, -0.05) is 12.8 Å². The number of rotatable bonds is 7. The molecule has 1 aliphatic carbocycles. The van der Waals surface area contributed by atoms with E-state index in [9.17, 15) is 17.6 Å². The van der Waals surface area contributed by atoms with Crippen LogP contribution in [0.15, 0.2) is 67.4 Å². The Morgan fingerprint density at radius 2 is 1.76 bits per heavy atom. The summed E-state index contributed by atoms with van der Waals surface area (Å²) in [7, 11) is -3.65. The third-order valence-electron chi connectivity index (χ3n) is 8.30. The van der Waals surface area contributed by atoms with Crippen molar-refractivity contribution in [3.63, 3.8) is 0 Å². The molecule has 6 aromatic rings. The van der Waals surface area contributed by atoms with Crippen LogP contribution in [-0.2, 0) is 14.6 Å². The zero-order valence-corrected chi connectivity index (χ0v) is 25.0. The highest BCUT2D eigenvalue weighted by Gasteiger charge is 2.23. The molecule has 0 spiro atoms. The Balaban J connectivity index is 1.25. The minimum Gasteiger partial charge on any atom is -0.352 e. The maximum atomic E-state index is 14.7. The van der Waals surface area contributed by atoms with Crippen LogP contribution in [-0.4, -0.2) is 50.7 Å². The highest BCUT2D eigenvalue weighted by Crippen LogP contribution is 2.36. The van der Waals surface area contributed by atoms with E-state index in [4.69, 9.17) is 5.73 Å². The lowest BCUT2D eigenvalue weighted by Crippen LogP contribution is -2.20. The highest BCUT2D eigenvalue weighted by molar-refractivity contribution is 7.90. The van der Waals surface area contributed by atoms with Crippen LogP contribution in [0, 0.1) is 11.7 Å². The fourth-order valence-electron chi connectivity index (χ4n) is 5.95. The summed E-state index contributed by atoms with van der Waals surface area (Å²) >= 11 is 0. The van der Waals surface area contributed by atoms with Crippen molar-refractivity contribution in [1.29, 1.82) is 0 Å². The highest BCUT2D eigenvalue weighted by atomic mass is 32.2. The van der Waals surface area contributed by atoms with Crippen molar-refractivity contribution < 1.29 is 17.6 Å². The second-order valence-electron chi connectivity index (χ2n) is 11.5. The summed E-state index contributed by atoms with van der Waals surface area (Å²) in [6.07, 6.45) is 13.3. The maximum absolute atomic E-state index is 14.7. The number of anilines is 1. The number of carbonyl (C=O) groups is 1. The van der Waals surface area contributed by atoms with Crippen LogP contribution < -0.4 is 11.1 Å². The van der Waals surface area contributed by atoms with Crippen LogP contribution in [0.25, 0.3) is 55.6 Å². The Kier molecular flexibility index (Phi) is 7.13.